The minimum Gasteiger partial charge on any atom is -0.358 e. The van der Waals surface area contributed by atoms with Crippen molar-refractivity contribution in [1.82, 2.24) is 4.98 Å². The first kappa shape index (κ1) is 15.2. The summed E-state index contributed by atoms with van der Waals surface area (Å²) >= 11 is 0. The van der Waals surface area contributed by atoms with Crippen LogP contribution in [0.1, 0.15) is 35.3 Å². The molecule has 0 bridgehead atoms. The van der Waals surface area contributed by atoms with Crippen LogP contribution in [0.2, 0.25) is 0 Å². The molecule has 23 heavy (non-hydrogen) atoms. The monoisotopic (exact) mass is 306 g/mol. The highest BCUT2D eigenvalue weighted by Gasteiger charge is 2.31. The molecule has 1 N–H and O–H groups in total. The molecule has 4 nitrogen and oxygen atoms in total. The molecule has 1 heterocycles. The number of aryl methyl sites for hydroxylation is 1. The lowest BCUT2D eigenvalue weighted by atomic mass is 9.88. The lowest BCUT2D eigenvalue weighted by Crippen LogP contribution is -2.24. The Balaban J connectivity index is 1.90. The van der Waals surface area contributed by atoms with Gasteiger partial charge in [-0.3, -0.25) is 9.59 Å². The number of ketones is 2. The molecule has 0 saturated carbocycles. The molecule has 4 heteroatoms. The van der Waals surface area contributed by atoms with Crippen LogP contribution in [-0.4, -0.2) is 16.6 Å². The van der Waals surface area contributed by atoms with Gasteiger partial charge < -0.3 is 4.98 Å². The standard InChI is InChI=1S/C19H18N2O2/c1-12-18(14-8-4-5-9-16(14)21-12)19(23)15(11-20)17(22)10-13-6-2-3-7-13/h2,4-6,8-9,13,15,21H,3,7,10H2,1H3. The molecule has 0 radical (unpaired) electrons. The topological polar surface area (TPSA) is 73.7 Å². The van der Waals surface area contributed by atoms with Crippen molar-refractivity contribution in [2.75, 3.05) is 0 Å². The third-order valence-electron chi connectivity index (χ3n) is 4.43. The number of rotatable bonds is 5. The molecule has 1 aromatic carbocycles. The van der Waals surface area contributed by atoms with E-state index in [-0.39, 0.29) is 18.1 Å². The predicted molar refractivity (Wildman–Crippen MR) is 88.0 cm³/mol. The first-order valence-corrected chi connectivity index (χ1v) is 7.82. The van der Waals surface area contributed by atoms with E-state index in [1.165, 1.54) is 0 Å². The third kappa shape index (κ3) is 2.83. The average Bonchev–Trinajstić information content (AvgIpc) is 3.14. The van der Waals surface area contributed by atoms with Crippen molar-refractivity contribution < 1.29 is 9.59 Å². The van der Waals surface area contributed by atoms with Gasteiger partial charge in [0, 0.05) is 28.6 Å². The highest BCUT2D eigenvalue weighted by molar-refractivity contribution is 6.18. The predicted octanol–water partition coefficient (Wildman–Crippen LogP) is 3.72. The SMILES string of the molecule is Cc1[nH]c2ccccc2c1C(=O)C(C#N)C(=O)CC1C=CCC1. The van der Waals surface area contributed by atoms with Crippen molar-refractivity contribution in [3.8, 4) is 6.07 Å². The molecule has 1 aromatic heterocycles. The van der Waals surface area contributed by atoms with Crippen LogP contribution in [0.4, 0.5) is 0 Å². The number of nitrogens with zero attached hydrogens (tertiary/aromatic N) is 1. The lowest BCUT2D eigenvalue weighted by Gasteiger charge is -2.11. The summed E-state index contributed by atoms with van der Waals surface area (Å²) < 4.78 is 0. The fourth-order valence-electron chi connectivity index (χ4n) is 3.26. The third-order valence-corrected chi connectivity index (χ3v) is 4.43. The molecule has 3 rings (SSSR count). The molecule has 0 aliphatic heterocycles. The summed E-state index contributed by atoms with van der Waals surface area (Å²) in [5.74, 6) is -1.73. The number of hydrogen-bond donors (Lipinski definition) is 1. The Bertz CT molecular complexity index is 839. The second-order valence-electron chi connectivity index (χ2n) is 6.03. The largest absolute Gasteiger partial charge is 0.358 e. The number of H-pyrrole nitrogens is 1. The second-order valence-corrected chi connectivity index (χ2v) is 6.03. The Morgan fingerprint density at radius 3 is 2.87 bits per heavy atom. The molecule has 1 aliphatic carbocycles. The summed E-state index contributed by atoms with van der Waals surface area (Å²) in [6.07, 6.45) is 6.20. The Morgan fingerprint density at radius 1 is 1.39 bits per heavy atom. The number of aromatic nitrogens is 1. The summed E-state index contributed by atoms with van der Waals surface area (Å²) in [6, 6.07) is 9.36. The van der Waals surface area contributed by atoms with Gasteiger partial charge in [0.1, 0.15) is 0 Å². The fraction of sp³-hybridized carbons (Fsp3) is 0.316. The highest BCUT2D eigenvalue weighted by atomic mass is 16.1. The second kappa shape index (κ2) is 6.21. The first-order valence-electron chi connectivity index (χ1n) is 7.82. The minimum absolute atomic E-state index is 0.162. The molecular formula is C19H18N2O2. The van der Waals surface area contributed by atoms with Crippen LogP contribution < -0.4 is 0 Å². The summed E-state index contributed by atoms with van der Waals surface area (Å²) in [5, 5.41) is 10.2. The van der Waals surface area contributed by atoms with Gasteiger partial charge in [-0.15, -0.1) is 0 Å². The number of carbonyl (C=O) groups excluding carboxylic acids is 2. The zero-order valence-electron chi connectivity index (χ0n) is 13.0. The number of fused-ring (bicyclic) bond motifs is 1. The number of aromatic amines is 1. The normalized spacial score (nSPS) is 18.0. The number of para-hydroxylation sites is 1. The van der Waals surface area contributed by atoms with Gasteiger partial charge in [0.25, 0.3) is 0 Å². The van der Waals surface area contributed by atoms with Crippen LogP contribution in [-0.2, 0) is 4.79 Å². The first-order chi connectivity index (χ1) is 11.1. The molecule has 2 aromatic rings. The van der Waals surface area contributed by atoms with E-state index in [4.69, 9.17) is 0 Å². The van der Waals surface area contributed by atoms with Gasteiger partial charge in [-0.1, -0.05) is 30.4 Å². The van der Waals surface area contributed by atoms with E-state index in [1.807, 2.05) is 42.5 Å². The zero-order chi connectivity index (χ0) is 16.4. The maximum absolute atomic E-state index is 12.8. The van der Waals surface area contributed by atoms with Crippen LogP contribution >= 0.6 is 0 Å². The summed E-state index contributed by atoms with van der Waals surface area (Å²) in [6.45, 7) is 1.80. The van der Waals surface area contributed by atoms with Crippen LogP contribution in [0, 0.1) is 30.1 Å². The Morgan fingerprint density at radius 2 is 2.17 bits per heavy atom. The van der Waals surface area contributed by atoms with E-state index in [1.54, 1.807) is 6.92 Å². The maximum Gasteiger partial charge on any atom is 0.189 e. The number of benzene rings is 1. The zero-order valence-corrected chi connectivity index (χ0v) is 13.0. The summed E-state index contributed by atoms with van der Waals surface area (Å²) in [5.41, 5.74) is 2.00. The van der Waals surface area contributed by atoms with Crippen LogP contribution in [0.25, 0.3) is 10.9 Å². The number of hydrogen-bond acceptors (Lipinski definition) is 3. The Kier molecular flexibility index (Phi) is 4.12. The molecule has 0 spiro atoms. The molecule has 116 valence electrons. The average molecular weight is 306 g/mol. The lowest BCUT2D eigenvalue weighted by molar-refractivity contribution is -0.120. The summed E-state index contributed by atoms with van der Waals surface area (Å²) in [7, 11) is 0. The van der Waals surface area contributed by atoms with Crippen LogP contribution in [0.3, 0.4) is 0 Å². The highest BCUT2D eigenvalue weighted by Crippen LogP contribution is 2.27. The van der Waals surface area contributed by atoms with Gasteiger partial charge in [0.15, 0.2) is 17.5 Å². The molecule has 2 atom stereocenters. The van der Waals surface area contributed by atoms with E-state index < -0.39 is 11.7 Å². The van der Waals surface area contributed by atoms with Gasteiger partial charge >= 0.3 is 0 Å². The van der Waals surface area contributed by atoms with Crippen molar-refractivity contribution in [2.45, 2.75) is 26.2 Å². The number of nitrogens with one attached hydrogen (secondary N) is 1. The van der Waals surface area contributed by atoms with Crippen LogP contribution in [0.15, 0.2) is 36.4 Å². The molecule has 0 saturated heterocycles. The van der Waals surface area contributed by atoms with Crippen molar-refractivity contribution in [3.63, 3.8) is 0 Å². The quantitative estimate of drug-likeness (QED) is 0.519. The Labute approximate surface area is 134 Å². The number of Topliss-reactive ketones (excluding diaryl/α,β-unsaturated/α-hetero) is 2. The van der Waals surface area contributed by atoms with Crippen LogP contribution in [0.5, 0.6) is 0 Å². The summed E-state index contributed by atoms with van der Waals surface area (Å²) in [4.78, 5) is 28.4. The molecular weight excluding hydrogens is 288 g/mol. The smallest absolute Gasteiger partial charge is 0.189 e. The van der Waals surface area contributed by atoms with Gasteiger partial charge in [0.2, 0.25) is 0 Å². The van der Waals surface area contributed by atoms with E-state index in [2.05, 4.69) is 4.98 Å². The van der Waals surface area contributed by atoms with Gasteiger partial charge in [0.05, 0.1) is 6.07 Å². The minimum atomic E-state index is -1.22. The van der Waals surface area contributed by atoms with Crippen molar-refractivity contribution in [1.29, 1.82) is 5.26 Å². The molecule has 0 amide bonds. The number of allylic oxidation sites excluding steroid dienone is 2. The van der Waals surface area contributed by atoms with Gasteiger partial charge in [-0.05, 0) is 31.7 Å². The number of nitriles is 1. The van der Waals surface area contributed by atoms with E-state index in [9.17, 15) is 14.9 Å². The van der Waals surface area contributed by atoms with Crippen molar-refractivity contribution >= 4 is 22.5 Å². The maximum atomic E-state index is 12.8. The van der Waals surface area contributed by atoms with Crippen molar-refractivity contribution in [2.24, 2.45) is 11.8 Å². The number of carbonyl (C=O) groups is 2. The van der Waals surface area contributed by atoms with Gasteiger partial charge in [-0.2, -0.15) is 5.26 Å². The Hall–Kier alpha value is -2.67. The fourth-order valence-corrected chi connectivity index (χ4v) is 3.26. The van der Waals surface area contributed by atoms with E-state index in [0.29, 0.717) is 11.3 Å². The van der Waals surface area contributed by atoms with Gasteiger partial charge in [-0.25, -0.2) is 0 Å². The molecule has 1 aliphatic rings. The van der Waals surface area contributed by atoms with Crippen molar-refractivity contribution in [3.05, 3.63) is 47.7 Å². The van der Waals surface area contributed by atoms with E-state index >= 15 is 0 Å². The molecule has 2 unspecified atom stereocenters. The van der Waals surface area contributed by atoms with E-state index in [0.717, 1.165) is 23.7 Å². The molecule has 0 fully saturated rings.